The third-order valence-corrected chi connectivity index (χ3v) is 4.46. The number of phenolic OH excluding ortho intramolecular Hbond substituents is 2. The van der Waals surface area contributed by atoms with Crippen LogP contribution in [-0.4, -0.2) is 21.1 Å². The Morgan fingerprint density at radius 3 is 2.44 bits per heavy atom. The Hall–Kier alpha value is -3.34. The van der Waals surface area contributed by atoms with E-state index in [4.69, 9.17) is 0 Å². The average molecular weight is 332 g/mol. The predicted octanol–water partition coefficient (Wildman–Crippen LogP) is 3.64. The first-order valence-electron chi connectivity index (χ1n) is 7.98. The van der Waals surface area contributed by atoms with Gasteiger partial charge in [-0.2, -0.15) is 0 Å². The molecule has 3 aromatic rings. The number of phenols is 2. The van der Waals surface area contributed by atoms with E-state index in [9.17, 15) is 15.0 Å². The minimum absolute atomic E-state index is 0.000673. The summed E-state index contributed by atoms with van der Waals surface area (Å²) in [7, 11) is 0. The molecule has 0 bridgehead atoms. The highest BCUT2D eigenvalue weighted by molar-refractivity contribution is 6.01. The van der Waals surface area contributed by atoms with Gasteiger partial charge in [-0.25, -0.2) is 0 Å². The van der Waals surface area contributed by atoms with Gasteiger partial charge in [0.1, 0.15) is 11.5 Å². The van der Waals surface area contributed by atoms with Crippen LogP contribution in [0.4, 0.5) is 5.69 Å². The molecule has 1 unspecified atom stereocenters. The summed E-state index contributed by atoms with van der Waals surface area (Å²) < 4.78 is 0. The molecule has 1 fully saturated rings. The van der Waals surface area contributed by atoms with E-state index in [-0.39, 0.29) is 23.4 Å². The first-order chi connectivity index (χ1) is 12.1. The third kappa shape index (κ3) is 2.70. The fourth-order valence-electron chi connectivity index (χ4n) is 3.15. The molecule has 1 aromatic heterocycles. The summed E-state index contributed by atoms with van der Waals surface area (Å²) in [6, 6.07) is 15.8. The molecule has 1 amide bonds. The fraction of sp³-hybridized carbons (Fsp3) is 0.100. The smallest absolute Gasteiger partial charge is 0.230 e. The van der Waals surface area contributed by atoms with Crippen LogP contribution in [0.5, 0.6) is 11.5 Å². The number of aromatic hydroxyl groups is 2. The Balaban J connectivity index is 1.63. The molecular weight excluding hydrogens is 316 g/mol. The monoisotopic (exact) mass is 332 g/mol. The van der Waals surface area contributed by atoms with Crippen molar-refractivity contribution in [2.45, 2.75) is 12.5 Å². The van der Waals surface area contributed by atoms with Gasteiger partial charge in [0, 0.05) is 29.7 Å². The van der Waals surface area contributed by atoms with Crippen LogP contribution in [0, 0.1) is 0 Å². The summed E-state index contributed by atoms with van der Waals surface area (Å²) in [6.45, 7) is 0. The maximum atomic E-state index is 12.1. The molecule has 5 heteroatoms. The first kappa shape index (κ1) is 15.2. The zero-order valence-electron chi connectivity index (χ0n) is 13.3. The molecule has 2 heterocycles. The van der Waals surface area contributed by atoms with Crippen LogP contribution in [-0.2, 0) is 4.79 Å². The maximum absolute atomic E-state index is 12.1. The zero-order chi connectivity index (χ0) is 17.4. The lowest BCUT2D eigenvalue weighted by molar-refractivity contribution is -0.124. The van der Waals surface area contributed by atoms with Gasteiger partial charge < -0.3 is 15.1 Å². The summed E-state index contributed by atoms with van der Waals surface area (Å²) in [4.78, 5) is 17.9. The van der Waals surface area contributed by atoms with E-state index in [1.165, 1.54) is 12.1 Å². The number of aromatic nitrogens is 1. The van der Waals surface area contributed by atoms with Crippen LogP contribution in [0.15, 0.2) is 67.0 Å². The summed E-state index contributed by atoms with van der Waals surface area (Å²) in [6.07, 6.45) is 3.86. The minimum Gasteiger partial charge on any atom is -0.508 e. The molecule has 1 saturated heterocycles. The number of hydrogen-bond acceptors (Lipinski definition) is 4. The number of benzene rings is 2. The Bertz CT molecular complexity index is 923. The van der Waals surface area contributed by atoms with Crippen molar-refractivity contribution < 1.29 is 15.0 Å². The van der Waals surface area contributed by atoms with Crippen molar-refractivity contribution in [2.75, 3.05) is 4.90 Å². The molecule has 1 aliphatic heterocycles. The second kappa shape index (κ2) is 5.94. The molecule has 1 atom stereocenters. The highest BCUT2D eigenvalue weighted by atomic mass is 16.3. The van der Waals surface area contributed by atoms with E-state index in [1.54, 1.807) is 23.4 Å². The molecule has 5 nitrogen and oxygen atoms in total. The van der Waals surface area contributed by atoms with Crippen LogP contribution in [0.3, 0.4) is 0 Å². The van der Waals surface area contributed by atoms with Gasteiger partial charge in [-0.1, -0.05) is 18.2 Å². The van der Waals surface area contributed by atoms with E-state index in [2.05, 4.69) is 4.98 Å². The van der Waals surface area contributed by atoms with Gasteiger partial charge in [0.25, 0.3) is 0 Å². The van der Waals surface area contributed by atoms with Gasteiger partial charge in [-0.05, 0) is 41.5 Å². The summed E-state index contributed by atoms with van der Waals surface area (Å²) >= 11 is 0. The lowest BCUT2D eigenvalue weighted by Gasteiger charge is -2.41. The molecule has 2 aromatic carbocycles. The van der Waals surface area contributed by atoms with Crippen molar-refractivity contribution in [2.24, 2.45) is 0 Å². The normalized spacial score (nSPS) is 16.6. The molecule has 0 aliphatic carbocycles. The molecule has 124 valence electrons. The number of β-lactam (4-membered cyclic amide) rings is 1. The Morgan fingerprint density at radius 2 is 1.80 bits per heavy atom. The van der Waals surface area contributed by atoms with Crippen LogP contribution >= 0.6 is 0 Å². The average Bonchev–Trinajstić information content (AvgIpc) is 2.62. The maximum Gasteiger partial charge on any atom is 0.230 e. The molecule has 1 aliphatic rings. The lowest BCUT2D eigenvalue weighted by Crippen LogP contribution is -2.46. The third-order valence-electron chi connectivity index (χ3n) is 4.46. The summed E-state index contributed by atoms with van der Waals surface area (Å²) in [5.41, 5.74) is 3.45. The number of anilines is 1. The quantitative estimate of drug-likeness (QED) is 0.718. The van der Waals surface area contributed by atoms with Gasteiger partial charge in [0.2, 0.25) is 5.91 Å². The molecular formula is C20H16N2O3. The van der Waals surface area contributed by atoms with Crippen LogP contribution < -0.4 is 4.90 Å². The highest BCUT2D eigenvalue weighted by Gasteiger charge is 2.39. The zero-order valence-corrected chi connectivity index (χ0v) is 13.3. The van der Waals surface area contributed by atoms with Crippen molar-refractivity contribution in [1.29, 1.82) is 0 Å². The van der Waals surface area contributed by atoms with Gasteiger partial charge >= 0.3 is 0 Å². The minimum atomic E-state index is -0.225. The standard InChI is InChI=1S/C20H16N2O3/c23-16-7-8-17(19(24)10-16)18-11-20(25)22(18)15-5-3-13(4-6-15)14-2-1-9-21-12-14/h1-10,12,18,23-24H,11H2. The van der Waals surface area contributed by atoms with Crippen molar-refractivity contribution in [1.82, 2.24) is 4.98 Å². The molecule has 0 radical (unpaired) electrons. The Labute approximate surface area is 144 Å². The lowest BCUT2D eigenvalue weighted by atomic mass is 9.92. The molecule has 0 saturated carbocycles. The van der Waals surface area contributed by atoms with Gasteiger partial charge in [0.15, 0.2) is 0 Å². The van der Waals surface area contributed by atoms with E-state index >= 15 is 0 Å². The second-order valence-corrected chi connectivity index (χ2v) is 6.02. The number of carbonyl (C=O) groups excluding carboxylic acids is 1. The van der Waals surface area contributed by atoms with Crippen molar-refractivity contribution in [3.05, 3.63) is 72.6 Å². The van der Waals surface area contributed by atoms with E-state index in [1.807, 2.05) is 36.4 Å². The predicted molar refractivity (Wildman–Crippen MR) is 94.3 cm³/mol. The SMILES string of the molecule is O=C1CC(c2ccc(O)cc2O)N1c1ccc(-c2cccnc2)cc1. The van der Waals surface area contributed by atoms with Crippen molar-refractivity contribution in [3.8, 4) is 22.6 Å². The first-order valence-corrected chi connectivity index (χ1v) is 7.98. The number of amides is 1. The van der Waals surface area contributed by atoms with Crippen LogP contribution in [0.1, 0.15) is 18.0 Å². The van der Waals surface area contributed by atoms with E-state index < -0.39 is 0 Å². The molecule has 25 heavy (non-hydrogen) atoms. The molecule has 4 rings (SSSR count). The molecule has 2 N–H and O–H groups in total. The van der Waals surface area contributed by atoms with Crippen LogP contribution in [0.2, 0.25) is 0 Å². The largest absolute Gasteiger partial charge is 0.508 e. The second-order valence-electron chi connectivity index (χ2n) is 6.02. The van der Waals surface area contributed by atoms with Crippen molar-refractivity contribution in [3.63, 3.8) is 0 Å². The summed E-state index contributed by atoms with van der Waals surface area (Å²) in [5.74, 6) is 0.000330. The Kier molecular flexibility index (Phi) is 3.61. The van der Waals surface area contributed by atoms with E-state index in [0.717, 1.165) is 16.8 Å². The van der Waals surface area contributed by atoms with Gasteiger partial charge in [-0.15, -0.1) is 0 Å². The topological polar surface area (TPSA) is 73.7 Å². The number of carbonyl (C=O) groups is 1. The number of hydrogen-bond donors (Lipinski definition) is 2. The Morgan fingerprint density at radius 1 is 1.00 bits per heavy atom. The van der Waals surface area contributed by atoms with Gasteiger partial charge in [0.05, 0.1) is 12.5 Å². The summed E-state index contributed by atoms with van der Waals surface area (Å²) in [5, 5.41) is 19.5. The highest BCUT2D eigenvalue weighted by Crippen LogP contribution is 2.43. The van der Waals surface area contributed by atoms with Crippen LogP contribution in [0.25, 0.3) is 11.1 Å². The number of rotatable bonds is 3. The molecule has 0 spiro atoms. The number of pyridine rings is 1. The van der Waals surface area contributed by atoms with E-state index in [0.29, 0.717) is 12.0 Å². The van der Waals surface area contributed by atoms with Crippen molar-refractivity contribution >= 4 is 11.6 Å². The number of nitrogens with zero attached hydrogens (tertiary/aromatic N) is 2. The fourth-order valence-corrected chi connectivity index (χ4v) is 3.15. The van der Waals surface area contributed by atoms with Gasteiger partial charge in [-0.3, -0.25) is 9.78 Å².